The van der Waals surface area contributed by atoms with Gasteiger partial charge in [-0.2, -0.15) is 0 Å². The molecule has 0 fully saturated rings. The van der Waals surface area contributed by atoms with Crippen molar-refractivity contribution in [2.24, 2.45) is 4.99 Å². The van der Waals surface area contributed by atoms with Crippen molar-refractivity contribution in [3.05, 3.63) is 88.5 Å². The molecule has 29 heavy (non-hydrogen) atoms. The molecule has 0 amide bonds. The Kier molecular flexibility index (Phi) is 9.74. The molecule has 1 N–H and O–H groups in total. The van der Waals surface area contributed by atoms with Crippen LogP contribution in [0.1, 0.15) is 5.56 Å². The van der Waals surface area contributed by atoms with E-state index < -0.39 is 13.5 Å². The van der Waals surface area contributed by atoms with Crippen LogP contribution in [-0.2, 0) is 8.59 Å². The standard InChI is InChI=1S/C19H14N2O3.4BrH.Ta/c22-19-15(13-20-16-9-5-2-6-10-16)11-17(21(23)24)12-18(19)14-7-3-1-4-8-14;;;;;/h1-13,22H;4*1H;/q;;;;;+4/p-4. The molecule has 0 atom stereocenters. The molecule has 0 unspecified atom stereocenters. The number of nitro benzene ring substituents is 1. The van der Waals surface area contributed by atoms with Gasteiger partial charge in [0, 0.05) is 29.5 Å². The molecule has 3 aromatic carbocycles. The van der Waals surface area contributed by atoms with Crippen molar-refractivity contribution >= 4 is 69.7 Å². The molecule has 3 rings (SSSR count). The van der Waals surface area contributed by atoms with E-state index in [0.717, 1.165) is 0 Å². The van der Waals surface area contributed by atoms with Crippen molar-refractivity contribution in [1.82, 2.24) is 0 Å². The average molecular weight is 819 g/mol. The molecule has 0 bridgehead atoms. The summed E-state index contributed by atoms with van der Waals surface area (Å²) in [4.78, 5) is 15.0. The number of aliphatic imine (C=N–C) groups is 1. The van der Waals surface area contributed by atoms with Crippen molar-refractivity contribution in [2.45, 2.75) is 0 Å². The van der Waals surface area contributed by atoms with E-state index in [0.29, 0.717) is 22.4 Å². The summed E-state index contributed by atoms with van der Waals surface area (Å²) in [6.45, 7) is 0. The zero-order chi connectivity index (χ0) is 21.4. The summed E-state index contributed by atoms with van der Waals surface area (Å²) in [6, 6.07) is 20.9. The molecule has 0 spiro atoms. The van der Waals surface area contributed by atoms with Crippen molar-refractivity contribution in [1.29, 1.82) is 0 Å². The summed E-state index contributed by atoms with van der Waals surface area (Å²) in [7, 11) is -1.97. The van der Waals surface area contributed by atoms with Crippen LogP contribution in [0.5, 0.6) is 5.75 Å². The normalized spacial score (nSPS) is 11.0. The first-order chi connectivity index (χ1) is 13.6. The third-order valence-electron chi connectivity index (χ3n) is 3.53. The van der Waals surface area contributed by atoms with Crippen LogP contribution < -0.4 is 0 Å². The Balaban J connectivity index is 0.000000537. The first-order valence-corrected chi connectivity index (χ1v) is 36.1. The first kappa shape index (κ1) is 24.5. The van der Waals surface area contributed by atoms with E-state index in [4.69, 9.17) is 0 Å². The number of para-hydroxylation sites is 1. The Morgan fingerprint density at radius 3 is 1.97 bits per heavy atom. The number of hydrogen-bond acceptors (Lipinski definition) is 4. The number of halogens is 4. The topological polar surface area (TPSA) is 75.7 Å². The number of non-ortho nitro benzene ring substituents is 1. The van der Waals surface area contributed by atoms with Crippen LogP contribution in [0, 0.1) is 10.1 Å². The van der Waals surface area contributed by atoms with Gasteiger partial charge in [-0.15, -0.1) is 0 Å². The van der Waals surface area contributed by atoms with Crippen LogP contribution in [-0.4, -0.2) is 16.2 Å². The SMILES string of the molecule is O=[N+]([O-])c1cc(C=Nc2ccccc2)c(O)c(-c2ccccc2)c1.[Br][Ta]([Br])([Br])[Br]. The van der Waals surface area contributed by atoms with E-state index in [9.17, 15) is 15.2 Å². The Labute approximate surface area is 196 Å². The van der Waals surface area contributed by atoms with Gasteiger partial charge in [0.2, 0.25) is 0 Å². The maximum absolute atomic E-state index is 11.2. The van der Waals surface area contributed by atoms with Crippen LogP contribution in [0.25, 0.3) is 11.1 Å². The van der Waals surface area contributed by atoms with Crippen LogP contribution in [0.4, 0.5) is 11.4 Å². The van der Waals surface area contributed by atoms with Gasteiger partial charge < -0.3 is 5.11 Å². The molecule has 151 valence electrons. The molecule has 0 saturated heterocycles. The third kappa shape index (κ3) is 8.84. The van der Waals surface area contributed by atoms with Crippen molar-refractivity contribution < 1.29 is 18.6 Å². The van der Waals surface area contributed by atoms with E-state index in [-0.39, 0.29) is 11.4 Å². The zero-order valence-corrected chi connectivity index (χ0v) is 24.2. The van der Waals surface area contributed by atoms with Gasteiger partial charge in [0.05, 0.1) is 10.6 Å². The molecule has 0 aromatic heterocycles. The summed E-state index contributed by atoms with van der Waals surface area (Å²) < 4.78 is 0. The Bertz CT molecular complexity index is 992. The molecule has 0 saturated carbocycles. The second-order valence-electron chi connectivity index (χ2n) is 5.53. The van der Waals surface area contributed by atoms with E-state index in [1.165, 1.54) is 18.3 Å². The number of rotatable bonds is 4. The molecule has 0 aliphatic carbocycles. The molecule has 0 aliphatic rings. The number of phenols is 1. The molecule has 3 aromatic rings. The quantitative estimate of drug-likeness (QED) is 0.164. The Morgan fingerprint density at radius 2 is 1.45 bits per heavy atom. The fourth-order valence-corrected chi connectivity index (χ4v) is 2.34. The molecule has 10 heteroatoms. The van der Waals surface area contributed by atoms with Crippen molar-refractivity contribution in [3.63, 3.8) is 0 Å². The summed E-state index contributed by atoms with van der Waals surface area (Å²) in [5, 5.41) is 21.7. The maximum atomic E-state index is 11.2. The second-order valence-corrected chi connectivity index (χ2v) is 89.9. The number of nitro groups is 1. The number of nitrogens with zero attached hydrogens (tertiary/aromatic N) is 2. The van der Waals surface area contributed by atoms with Gasteiger partial charge in [-0.05, 0) is 17.7 Å². The zero-order valence-electron chi connectivity index (χ0n) is 14.6. The fourth-order valence-electron chi connectivity index (χ4n) is 2.34. The van der Waals surface area contributed by atoms with E-state index >= 15 is 0 Å². The molecule has 0 heterocycles. The van der Waals surface area contributed by atoms with E-state index in [2.05, 4.69) is 57.1 Å². The molecule has 0 aliphatic heterocycles. The predicted octanol–water partition coefficient (Wildman–Crippen LogP) is 8.10. The van der Waals surface area contributed by atoms with Crippen molar-refractivity contribution in [2.75, 3.05) is 0 Å². The number of aromatic hydroxyl groups is 1. The molecule has 5 nitrogen and oxygen atoms in total. The summed E-state index contributed by atoms with van der Waals surface area (Å²) in [5.74, 6) is -0.0357. The molecular weight excluding hydrogens is 805 g/mol. The van der Waals surface area contributed by atoms with Gasteiger partial charge in [0.25, 0.3) is 5.69 Å². The Hall–Kier alpha value is -0.810. The van der Waals surface area contributed by atoms with Gasteiger partial charge in [-0.25, -0.2) is 0 Å². The monoisotopic (exact) mass is 815 g/mol. The third-order valence-corrected chi connectivity index (χ3v) is 3.53. The average Bonchev–Trinajstić information content (AvgIpc) is 2.67. The summed E-state index contributed by atoms with van der Waals surface area (Å²) in [5.41, 5.74) is 2.00. The minimum atomic E-state index is -1.97. The number of phenolic OH excluding ortho intramolecular Hbond substituents is 1. The van der Waals surface area contributed by atoms with Gasteiger partial charge in [0.15, 0.2) is 0 Å². The van der Waals surface area contributed by atoms with Crippen LogP contribution in [0.3, 0.4) is 0 Å². The number of hydrogen-bond donors (Lipinski definition) is 1. The van der Waals surface area contributed by atoms with Gasteiger partial charge >= 0.3 is 60.7 Å². The van der Waals surface area contributed by atoms with Crippen LogP contribution >= 0.6 is 52.1 Å². The molecule has 0 radical (unpaired) electrons. The van der Waals surface area contributed by atoms with Gasteiger partial charge in [-0.1, -0.05) is 48.5 Å². The number of benzene rings is 3. The predicted molar refractivity (Wildman–Crippen MR) is 130 cm³/mol. The van der Waals surface area contributed by atoms with E-state index in [1.54, 1.807) is 12.1 Å². The van der Waals surface area contributed by atoms with Crippen molar-refractivity contribution in [3.8, 4) is 16.9 Å². The van der Waals surface area contributed by atoms with Crippen LogP contribution in [0.2, 0.25) is 0 Å². The minimum absolute atomic E-state index is 0.0357. The summed E-state index contributed by atoms with van der Waals surface area (Å²) in [6.07, 6.45) is 1.43. The first-order valence-electron chi connectivity index (χ1n) is 7.99. The Morgan fingerprint density at radius 1 is 0.931 bits per heavy atom. The van der Waals surface area contributed by atoms with Gasteiger partial charge in [-0.3, -0.25) is 15.1 Å². The summed E-state index contributed by atoms with van der Waals surface area (Å²) >= 11 is 13.4. The fraction of sp³-hybridized carbons (Fsp3) is 0. The molecular formula is C19H14Br4N2O3Ta. The van der Waals surface area contributed by atoms with Gasteiger partial charge in [0.1, 0.15) is 5.75 Å². The van der Waals surface area contributed by atoms with E-state index in [1.807, 2.05) is 48.5 Å². The second kappa shape index (κ2) is 11.5. The van der Waals surface area contributed by atoms with Crippen LogP contribution in [0.15, 0.2) is 77.8 Å².